The van der Waals surface area contributed by atoms with Crippen LogP contribution < -0.4 is 10.6 Å². The summed E-state index contributed by atoms with van der Waals surface area (Å²) in [6, 6.07) is 3.15. The maximum absolute atomic E-state index is 11.0. The highest BCUT2D eigenvalue weighted by molar-refractivity contribution is 5.93. The van der Waals surface area contributed by atoms with E-state index in [0.717, 1.165) is 11.1 Å². The summed E-state index contributed by atoms with van der Waals surface area (Å²) >= 11 is 0. The molecule has 1 aliphatic rings. The molecule has 0 saturated heterocycles. The molecule has 0 saturated carbocycles. The Morgan fingerprint density at radius 3 is 2.88 bits per heavy atom. The second kappa shape index (κ2) is 3.90. The van der Waals surface area contributed by atoms with Gasteiger partial charge in [-0.05, 0) is 5.56 Å². The van der Waals surface area contributed by atoms with Crippen molar-refractivity contribution in [3.05, 3.63) is 33.4 Å². The van der Waals surface area contributed by atoms with Crippen LogP contribution >= 0.6 is 0 Å². The largest absolute Gasteiger partial charge is 0.320 e. The fraction of sp³-hybridized carbons (Fsp3) is 0.300. The Morgan fingerprint density at radius 1 is 1.50 bits per heavy atom. The third-order valence-electron chi connectivity index (χ3n) is 2.50. The predicted molar refractivity (Wildman–Crippen MR) is 57.9 cm³/mol. The van der Waals surface area contributed by atoms with Crippen molar-refractivity contribution in [2.24, 2.45) is 0 Å². The molecule has 0 spiro atoms. The lowest BCUT2D eigenvalue weighted by Crippen LogP contribution is -2.11. The topological polar surface area (TPSA) is 84.3 Å². The molecule has 16 heavy (non-hydrogen) atoms. The highest BCUT2D eigenvalue weighted by atomic mass is 16.6. The molecule has 1 amide bonds. The van der Waals surface area contributed by atoms with Gasteiger partial charge in [-0.15, -0.1) is 0 Å². The van der Waals surface area contributed by atoms with E-state index in [1.54, 1.807) is 6.07 Å². The standard InChI is InChI=1S/C10H11N3O3/c1-6(14)12-10-8-5-11-4-7(8)2-3-9(10)13(15)16/h2-3,11H,4-5H2,1H3,(H,12,14). The van der Waals surface area contributed by atoms with Gasteiger partial charge in [0.1, 0.15) is 5.69 Å². The predicted octanol–water partition coefficient (Wildman–Crippen LogP) is 1.16. The van der Waals surface area contributed by atoms with E-state index < -0.39 is 4.92 Å². The number of nitrogens with one attached hydrogen (secondary N) is 2. The van der Waals surface area contributed by atoms with E-state index in [9.17, 15) is 14.9 Å². The zero-order valence-corrected chi connectivity index (χ0v) is 8.74. The maximum atomic E-state index is 11.0. The first-order valence-corrected chi connectivity index (χ1v) is 4.87. The minimum Gasteiger partial charge on any atom is -0.320 e. The fourth-order valence-corrected chi connectivity index (χ4v) is 1.84. The zero-order valence-electron chi connectivity index (χ0n) is 8.74. The Kier molecular flexibility index (Phi) is 2.57. The number of hydrogen-bond donors (Lipinski definition) is 2. The van der Waals surface area contributed by atoms with Crippen LogP contribution in [-0.2, 0) is 17.9 Å². The average molecular weight is 221 g/mol. The number of anilines is 1. The molecule has 1 heterocycles. The van der Waals surface area contributed by atoms with Crippen molar-refractivity contribution in [2.75, 3.05) is 5.32 Å². The number of nitro benzene ring substituents is 1. The van der Waals surface area contributed by atoms with E-state index in [0.29, 0.717) is 18.8 Å². The third kappa shape index (κ3) is 1.74. The highest BCUT2D eigenvalue weighted by Gasteiger charge is 2.23. The summed E-state index contributed by atoms with van der Waals surface area (Å²) in [6.45, 7) is 2.57. The molecule has 0 fully saturated rings. The molecule has 0 aromatic heterocycles. The molecular formula is C10H11N3O3. The number of nitrogens with zero attached hydrogens (tertiary/aromatic N) is 1. The molecule has 0 unspecified atom stereocenters. The van der Waals surface area contributed by atoms with Crippen molar-refractivity contribution < 1.29 is 9.72 Å². The molecule has 0 radical (unpaired) electrons. The summed E-state index contributed by atoms with van der Waals surface area (Å²) in [7, 11) is 0. The normalized spacial score (nSPS) is 13.3. The molecule has 0 bridgehead atoms. The molecule has 6 heteroatoms. The van der Waals surface area contributed by atoms with Gasteiger partial charge in [0.15, 0.2) is 0 Å². The van der Waals surface area contributed by atoms with Crippen molar-refractivity contribution in [1.82, 2.24) is 5.32 Å². The van der Waals surface area contributed by atoms with Gasteiger partial charge in [0.25, 0.3) is 5.69 Å². The van der Waals surface area contributed by atoms with Gasteiger partial charge in [0.2, 0.25) is 5.91 Å². The van der Waals surface area contributed by atoms with Crippen molar-refractivity contribution in [1.29, 1.82) is 0 Å². The summed E-state index contributed by atoms with van der Waals surface area (Å²) in [6.07, 6.45) is 0. The monoisotopic (exact) mass is 221 g/mol. The number of carbonyl (C=O) groups is 1. The van der Waals surface area contributed by atoms with Gasteiger partial charge in [-0.3, -0.25) is 14.9 Å². The van der Waals surface area contributed by atoms with Gasteiger partial charge in [-0.1, -0.05) is 6.07 Å². The molecule has 1 aromatic carbocycles. The molecule has 2 rings (SSSR count). The van der Waals surface area contributed by atoms with E-state index in [1.807, 2.05) is 0 Å². The van der Waals surface area contributed by atoms with Gasteiger partial charge in [0.05, 0.1) is 4.92 Å². The number of benzene rings is 1. The number of amides is 1. The van der Waals surface area contributed by atoms with Crippen LogP contribution in [0.3, 0.4) is 0 Å². The van der Waals surface area contributed by atoms with Crippen molar-refractivity contribution in [3.63, 3.8) is 0 Å². The van der Waals surface area contributed by atoms with Crippen LogP contribution in [0.15, 0.2) is 12.1 Å². The molecule has 84 valence electrons. The molecule has 6 nitrogen and oxygen atoms in total. The number of carbonyl (C=O) groups excluding carboxylic acids is 1. The van der Waals surface area contributed by atoms with Crippen LogP contribution in [-0.4, -0.2) is 10.8 Å². The lowest BCUT2D eigenvalue weighted by molar-refractivity contribution is -0.384. The second-order valence-electron chi connectivity index (χ2n) is 3.64. The molecule has 1 aromatic rings. The smallest absolute Gasteiger partial charge is 0.293 e. The first-order valence-electron chi connectivity index (χ1n) is 4.87. The second-order valence-corrected chi connectivity index (χ2v) is 3.64. The van der Waals surface area contributed by atoms with Crippen LogP contribution in [0, 0.1) is 10.1 Å². The van der Waals surface area contributed by atoms with Crippen molar-refractivity contribution in [3.8, 4) is 0 Å². The summed E-state index contributed by atoms with van der Waals surface area (Å²) < 4.78 is 0. The van der Waals surface area contributed by atoms with E-state index >= 15 is 0 Å². The Hall–Kier alpha value is -1.95. The molecule has 0 aliphatic carbocycles. The number of rotatable bonds is 2. The van der Waals surface area contributed by atoms with E-state index in [4.69, 9.17) is 0 Å². The summed E-state index contributed by atoms with van der Waals surface area (Å²) in [5.74, 6) is -0.302. The summed E-state index contributed by atoms with van der Waals surface area (Å²) in [5, 5.41) is 16.5. The van der Waals surface area contributed by atoms with Crippen LogP contribution in [0.2, 0.25) is 0 Å². The lowest BCUT2D eigenvalue weighted by atomic mass is 10.1. The number of nitro groups is 1. The van der Waals surface area contributed by atoms with Gasteiger partial charge >= 0.3 is 0 Å². The van der Waals surface area contributed by atoms with Gasteiger partial charge in [-0.25, -0.2) is 0 Å². The van der Waals surface area contributed by atoms with Gasteiger partial charge < -0.3 is 10.6 Å². The van der Waals surface area contributed by atoms with Crippen LogP contribution in [0.1, 0.15) is 18.1 Å². The molecule has 0 atom stereocenters. The maximum Gasteiger partial charge on any atom is 0.293 e. The van der Waals surface area contributed by atoms with Gasteiger partial charge in [0, 0.05) is 31.6 Å². The Balaban J connectivity index is 2.55. The third-order valence-corrected chi connectivity index (χ3v) is 2.50. The molecule has 2 N–H and O–H groups in total. The number of hydrogen-bond acceptors (Lipinski definition) is 4. The van der Waals surface area contributed by atoms with E-state index in [2.05, 4.69) is 10.6 Å². The first kappa shape index (κ1) is 10.6. The summed E-state index contributed by atoms with van der Waals surface area (Å²) in [4.78, 5) is 21.4. The van der Waals surface area contributed by atoms with E-state index in [1.165, 1.54) is 13.0 Å². The quantitative estimate of drug-likeness (QED) is 0.579. The zero-order chi connectivity index (χ0) is 11.7. The molecule has 1 aliphatic heterocycles. The van der Waals surface area contributed by atoms with Gasteiger partial charge in [-0.2, -0.15) is 0 Å². The minimum absolute atomic E-state index is 0.0577. The molecular weight excluding hydrogens is 210 g/mol. The van der Waals surface area contributed by atoms with Crippen molar-refractivity contribution >= 4 is 17.3 Å². The number of fused-ring (bicyclic) bond motifs is 1. The SMILES string of the molecule is CC(=O)Nc1c([N+](=O)[O-])ccc2c1CNC2. The Morgan fingerprint density at radius 2 is 2.25 bits per heavy atom. The van der Waals surface area contributed by atoms with E-state index in [-0.39, 0.29) is 11.6 Å². The average Bonchev–Trinajstić information content (AvgIpc) is 2.64. The van der Waals surface area contributed by atoms with Crippen LogP contribution in [0.4, 0.5) is 11.4 Å². The fourth-order valence-electron chi connectivity index (χ4n) is 1.84. The van der Waals surface area contributed by atoms with Crippen LogP contribution in [0.5, 0.6) is 0 Å². The van der Waals surface area contributed by atoms with Crippen LogP contribution in [0.25, 0.3) is 0 Å². The lowest BCUT2D eigenvalue weighted by Gasteiger charge is -2.08. The summed E-state index contributed by atoms with van der Waals surface area (Å²) in [5.41, 5.74) is 2.07. The Bertz CT molecular complexity index is 471. The minimum atomic E-state index is -0.482. The highest BCUT2D eigenvalue weighted by Crippen LogP contribution is 2.33. The van der Waals surface area contributed by atoms with Crippen molar-refractivity contribution in [2.45, 2.75) is 20.0 Å². The Labute approximate surface area is 91.8 Å². The first-order chi connectivity index (χ1) is 7.59.